The molecule has 6 aromatic rings. The first kappa shape index (κ1) is 24.6. The van der Waals surface area contributed by atoms with Gasteiger partial charge in [0.05, 0.1) is 12.8 Å². The van der Waals surface area contributed by atoms with Crippen molar-refractivity contribution in [2.75, 3.05) is 4.90 Å². The highest BCUT2D eigenvalue weighted by molar-refractivity contribution is 14.1. The van der Waals surface area contributed by atoms with Gasteiger partial charge in [0, 0.05) is 10.8 Å². The van der Waals surface area contributed by atoms with Crippen LogP contribution in [-0.4, -0.2) is 11.8 Å². The molecule has 39 heavy (non-hydrogen) atoms. The highest BCUT2D eigenvalue weighted by Gasteiger charge is 2.43. The van der Waals surface area contributed by atoms with Crippen LogP contribution in [0, 0.1) is 21.0 Å². The van der Waals surface area contributed by atoms with Gasteiger partial charge in [-0.25, -0.2) is 4.90 Å². The van der Waals surface area contributed by atoms with E-state index in [2.05, 4.69) is 57.3 Å². The second kappa shape index (κ2) is 9.06. The molecule has 1 aliphatic rings. The summed E-state index contributed by atoms with van der Waals surface area (Å²) in [7, 11) is 0. The van der Waals surface area contributed by atoms with E-state index in [1.165, 1.54) is 4.90 Å². The summed E-state index contributed by atoms with van der Waals surface area (Å²) in [6.07, 6.45) is 0. The number of para-hydroxylation sites is 1. The number of nitrogens with zero attached hydrogens (tertiary/aromatic N) is 1. The Bertz CT molecular complexity index is 1970. The number of amides is 2. The molecule has 0 saturated heterocycles. The van der Waals surface area contributed by atoms with Crippen LogP contribution in [0.2, 0.25) is 0 Å². The van der Waals surface area contributed by atoms with Crippen molar-refractivity contribution in [3.8, 4) is 0 Å². The number of hydrogen-bond donors (Lipinski definition) is 0. The third-order valence-corrected chi connectivity index (χ3v) is 8.84. The molecule has 0 radical (unpaired) electrons. The van der Waals surface area contributed by atoms with Gasteiger partial charge in [-0.05, 0) is 104 Å². The predicted molar refractivity (Wildman–Crippen MR) is 171 cm³/mol. The van der Waals surface area contributed by atoms with Gasteiger partial charge in [-0.2, -0.15) is 0 Å². The Hall–Kier alpha value is -3.44. The molecule has 5 aromatic carbocycles. The minimum atomic E-state index is -0.540. The summed E-state index contributed by atoms with van der Waals surface area (Å²) in [5.41, 5.74) is 3.24. The lowest BCUT2D eigenvalue weighted by molar-refractivity contribution is 0.0910. The Morgan fingerprint density at radius 1 is 0.615 bits per heavy atom. The fourth-order valence-electron chi connectivity index (χ4n) is 5.52. The number of carbonyl (C=O) groups excluding carboxylic acids is 2. The Labute approximate surface area is 250 Å². The second-order valence-corrected chi connectivity index (χ2v) is 11.9. The highest BCUT2D eigenvalue weighted by Crippen LogP contribution is 2.42. The van der Waals surface area contributed by atoms with Crippen molar-refractivity contribution in [1.29, 1.82) is 0 Å². The molecule has 7 rings (SSSR count). The molecule has 0 bridgehead atoms. The predicted octanol–water partition coefficient (Wildman–Crippen LogP) is 9.24. The average Bonchev–Trinajstić information content (AvgIpc) is 3.12. The maximum absolute atomic E-state index is 14.0. The molecule has 1 aromatic heterocycles. The number of anilines is 1. The second-order valence-electron chi connectivity index (χ2n) is 9.62. The molecular formula is C32H19I2NO4. The van der Waals surface area contributed by atoms with Gasteiger partial charge < -0.3 is 8.83 Å². The molecule has 0 unspecified atom stereocenters. The quantitative estimate of drug-likeness (QED) is 0.125. The first-order valence-electron chi connectivity index (χ1n) is 12.3. The zero-order valence-electron chi connectivity index (χ0n) is 20.8. The molecule has 0 aliphatic carbocycles. The Balaban J connectivity index is 1.73. The van der Waals surface area contributed by atoms with Crippen molar-refractivity contribution in [3.63, 3.8) is 0 Å². The lowest BCUT2D eigenvalue weighted by Gasteiger charge is -2.18. The van der Waals surface area contributed by atoms with Crippen LogP contribution in [0.25, 0.3) is 43.5 Å². The fraction of sp³-hybridized carbons (Fsp3) is 0.0625. The van der Waals surface area contributed by atoms with Crippen LogP contribution >= 0.6 is 45.2 Å². The molecule has 0 fully saturated rings. The molecule has 0 spiro atoms. The number of benzene rings is 5. The van der Waals surface area contributed by atoms with E-state index < -0.39 is 11.8 Å². The standard InChI is InChI=1S/C32H19I2NO4/c1-16-8-7-9-17(2)26(16)35-31(36)29-30(32(35)37)39-28-23(34)15-19-11-4-6-13-21(19)25(28)24-20-12-5-3-10-18(20)14-22(33)27(24)38-29/h3-15H,1-2H3. The lowest BCUT2D eigenvalue weighted by Crippen LogP contribution is -2.30. The largest absolute Gasteiger partial charge is 0.446 e. The van der Waals surface area contributed by atoms with Crippen LogP contribution in [-0.2, 0) is 0 Å². The SMILES string of the molecule is Cc1cccc(C)c1N1C(=O)c2oc3c(I)cc4ccccc4c3c3c(oc2C1=O)c(I)cc1ccccc13. The number of carbonyl (C=O) groups is 2. The molecule has 2 amide bonds. The fourth-order valence-corrected chi connectivity index (χ4v) is 6.95. The van der Waals surface area contributed by atoms with Crippen LogP contribution in [0.15, 0.2) is 87.7 Å². The third kappa shape index (κ3) is 3.62. The van der Waals surface area contributed by atoms with E-state index in [1.807, 2.05) is 80.6 Å². The lowest BCUT2D eigenvalue weighted by atomic mass is 9.98. The van der Waals surface area contributed by atoms with Crippen LogP contribution in [0.3, 0.4) is 0 Å². The van der Waals surface area contributed by atoms with Crippen molar-refractivity contribution in [1.82, 2.24) is 0 Å². The summed E-state index contributed by atoms with van der Waals surface area (Å²) in [5.74, 6) is -1.29. The summed E-state index contributed by atoms with van der Waals surface area (Å²) in [6.45, 7) is 3.77. The minimum absolute atomic E-state index is 0.105. The van der Waals surface area contributed by atoms with Gasteiger partial charge in [0.2, 0.25) is 11.5 Å². The summed E-state index contributed by atoms with van der Waals surface area (Å²) < 4.78 is 14.6. The number of rotatable bonds is 1. The summed E-state index contributed by atoms with van der Waals surface area (Å²) in [5, 5.41) is 5.69. The Morgan fingerprint density at radius 2 is 1.05 bits per heavy atom. The smallest absolute Gasteiger partial charge is 0.305 e. The van der Waals surface area contributed by atoms with Crippen molar-refractivity contribution in [2.45, 2.75) is 13.8 Å². The van der Waals surface area contributed by atoms with Crippen LogP contribution in [0.5, 0.6) is 0 Å². The van der Waals surface area contributed by atoms with E-state index in [4.69, 9.17) is 8.83 Å². The van der Waals surface area contributed by atoms with Gasteiger partial charge in [0.15, 0.2) is 0 Å². The topological polar surface area (TPSA) is 63.7 Å². The molecule has 1 aliphatic heterocycles. The van der Waals surface area contributed by atoms with Gasteiger partial charge in [-0.1, -0.05) is 66.7 Å². The van der Waals surface area contributed by atoms with E-state index in [1.54, 1.807) is 0 Å². The number of aryl methyl sites for hydroxylation is 2. The number of fused-ring (bicyclic) bond motifs is 8. The van der Waals surface area contributed by atoms with Crippen LogP contribution in [0.4, 0.5) is 5.69 Å². The molecule has 5 nitrogen and oxygen atoms in total. The van der Waals surface area contributed by atoms with Gasteiger partial charge in [0.25, 0.3) is 0 Å². The first-order chi connectivity index (χ1) is 18.8. The molecule has 190 valence electrons. The van der Waals surface area contributed by atoms with Crippen molar-refractivity contribution in [3.05, 3.63) is 109 Å². The van der Waals surface area contributed by atoms with Crippen LogP contribution < -0.4 is 4.90 Å². The number of hydrogen-bond acceptors (Lipinski definition) is 4. The number of halogens is 2. The molecule has 0 saturated carbocycles. The minimum Gasteiger partial charge on any atom is -0.446 e. The normalized spacial score (nSPS) is 13.2. The van der Waals surface area contributed by atoms with Gasteiger partial charge in [-0.15, -0.1) is 0 Å². The molecule has 0 N–H and O–H groups in total. The molecular weight excluding hydrogens is 716 g/mol. The summed E-state index contributed by atoms with van der Waals surface area (Å²) in [4.78, 5) is 29.1. The average molecular weight is 735 g/mol. The summed E-state index contributed by atoms with van der Waals surface area (Å²) in [6, 6.07) is 26.0. The van der Waals surface area contributed by atoms with Gasteiger partial charge in [-0.3, -0.25) is 9.59 Å². The molecule has 7 heteroatoms. The summed E-state index contributed by atoms with van der Waals surface area (Å²) >= 11 is 4.49. The molecule has 0 atom stereocenters. The third-order valence-electron chi connectivity index (χ3n) is 7.23. The molecule has 2 heterocycles. The van der Waals surface area contributed by atoms with Crippen molar-refractivity contribution in [2.24, 2.45) is 0 Å². The van der Waals surface area contributed by atoms with Crippen molar-refractivity contribution >= 4 is 106 Å². The van der Waals surface area contributed by atoms with E-state index in [0.717, 1.165) is 50.6 Å². The van der Waals surface area contributed by atoms with E-state index >= 15 is 0 Å². The van der Waals surface area contributed by atoms with Crippen LogP contribution in [0.1, 0.15) is 32.2 Å². The maximum Gasteiger partial charge on any atom is 0.305 e. The zero-order valence-corrected chi connectivity index (χ0v) is 25.2. The van der Waals surface area contributed by atoms with Gasteiger partial charge in [0.1, 0.15) is 11.2 Å². The maximum atomic E-state index is 14.0. The Morgan fingerprint density at radius 3 is 1.51 bits per heavy atom. The monoisotopic (exact) mass is 735 g/mol. The first-order valence-corrected chi connectivity index (χ1v) is 14.5. The van der Waals surface area contributed by atoms with E-state index in [0.29, 0.717) is 16.9 Å². The van der Waals surface area contributed by atoms with E-state index in [9.17, 15) is 9.59 Å². The van der Waals surface area contributed by atoms with Crippen molar-refractivity contribution < 1.29 is 18.4 Å². The Kier molecular flexibility index (Phi) is 5.71. The zero-order chi connectivity index (χ0) is 27.0. The highest BCUT2D eigenvalue weighted by atomic mass is 127. The van der Waals surface area contributed by atoms with E-state index in [-0.39, 0.29) is 11.5 Å². The number of imide groups is 1. The van der Waals surface area contributed by atoms with Gasteiger partial charge >= 0.3 is 11.8 Å².